The molecule has 2 N–H and O–H groups in total. The van der Waals surface area contributed by atoms with E-state index in [1.165, 1.54) is 18.2 Å². The Kier molecular flexibility index (Phi) is 6.31. The van der Waals surface area contributed by atoms with Crippen LogP contribution in [0.1, 0.15) is 12.5 Å². The molecule has 8 heteroatoms. The molecule has 2 aromatic rings. The summed E-state index contributed by atoms with van der Waals surface area (Å²) in [7, 11) is 0. The highest BCUT2D eigenvalue weighted by atomic mass is 32.1. The van der Waals surface area contributed by atoms with Gasteiger partial charge in [0.05, 0.1) is 24.6 Å². The van der Waals surface area contributed by atoms with Gasteiger partial charge in [0.2, 0.25) is 0 Å². The fraction of sp³-hybridized carbons (Fsp3) is 0.263. The van der Waals surface area contributed by atoms with Crippen LogP contribution in [0.5, 0.6) is 0 Å². The number of rotatable bonds is 4. The van der Waals surface area contributed by atoms with E-state index in [1.807, 2.05) is 11.0 Å². The molecule has 0 aromatic heterocycles. The van der Waals surface area contributed by atoms with Gasteiger partial charge in [-0.25, -0.2) is 8.78 Å². The Morgan fingerprint density at radius 2 is 1.81 bits per heavy atom. The van der Waals surface area contributed by atoms with Crippen LogP contribution in [0.4, 0.5) is 20.2 Å². The summed E-state index contributed by atoms with van der Waals surface area (Å²) in [6, 6.07) is 10.8. The Labute approximate surface area is 162 Å². The van der Waals surface area contributed by atoms with E-state index in [0.29, 0.717) is 49.0 Å². The van der Waals surface area contributed by atoms with E-state index in [1.54, 1.807) is 25.1 Å². The number of thiocarbonyl (C=S) groups is 1. The van der Waals surface area contributed by atoms with Gasteiger partial charge in [-0.15, -0.1) is 0 Å². The third-order valence-electron chi connectivity index (χ3n) is 4.14. The number of morpholine rings is 1. The number of hydrogen-bond acceptors (Lipinski definition) is 4. The maximum Gasteiger partial charge on any atom is 0.191 e. The molecular weight excluding hydrogens is 370 g/mol. The van der Waals surface area contributed by atoms with E-state index in [0.717, 1.165) is 0 Å². The first-order valence-electron chi connectivity index (χ1n) is 8.52. The molecule has 1 saturated heterocycles. The first-order valence-corrected chi connectivity index (χ1v) is 8.93. The van der Waals surface area contributed by atoms with Crippen molar-refractivity contribution < 1.29 is 13.5 Å². The van der Waals surface area contributed by atoms with Crippen molar-refractivity contribution in [2.24, 2.45) is 5.10 Å². The lowest BCUT2D eigenvalue weighted by molar-refractivity contribution is 0.122. The summed E-state index contributed by atoms with van der Waals surface area (Å²) < 4.78 is 32.7. The lowest BCUT2D eigenvalue weighted by Gasteiger charge is -2.29. The highest BCUT2D eigenvalue weighted by molar-refractivity contribution is 7.80. The summed E-state index contributed by atoms with van der Waals surface area (Å²) in [5, 5.41) is 7.33. The van der Waals surface area contributed by atoms with Gasteiger partial charge in [-0.3, -0.25) is 5.43 Å². The largest absolute Gasteiger partial charge is 0.378 e. The molecule has 3 rings (SSSR count). The van der Waals surface area contributed by atoms with Gasteiger partial charge in [-0.2, -0.15) is 5.10 Å². The Bertz CT molecular complexity index is 836. The first kappa shape index (κ1) is 19.2. The SMILES string of the molecule is C/C(=N/NC(=S)Nc1ccc(F)cc1)c1ccc(N2CCOCC2)c(F)c1. The number of nitrogens with zero attached hydrogens (tertiary/aromatic N) is 2. The summed E-state index contributed by atoms with van der Waals surface area (Å²) in [5.41, 5.74) is 5.16. The van der Waals surface area contributed by atoms with Crippen LogP contribution in [0.3, 0.4) is 0 Å². The molecule has 2 aromatic carbocycles. The third kappa shape index (κ3) is 5.21. The standard InChI is InChI=1S/C19H20F2N4OS/c1-13(23-24-19(27)22-16-5-3-15(20)4-6-16)14-2-7-18(17(21)12-14)25-8-10-26-11-9-25/h2-7,12H,8-11H2,1H3,(H2,22,24,27)/b23-13-. The van der Waals surface area contributed by atoms with E-state index in [-0.39, 0.29) is 16.7 Å². The van der Waals surface area contributed by atoms with Crippen molar-refractivity contribution in [2.75, 3.05) is 36.5 Å². The van der Waals surface area contributed by atoms with Gasteiger partial charge in [-0.05, 0) is 55.5 Å². The highest BCUT2D eigenvalue weighted by Gasteiger charge is 2.15. The molecule has 0 spiro atoms. The van der Waals surface area contributed by atoms with Gasteiger partial charge >= 0.3 is 0 Å². The van der Waals surface area contributed by atoms with Crippen LogP contribution in [-0.2, 0) is 4.74 Å². The third-order valence-corrected chi connectivity index (χ3v) is 4.34. The summed E-state index contributed by atoms with van der Waals surface area (Å²) in [5.74, 6) is -0.619. The van der Waals surface area contributed by atoms with Crippen LogP contribution in [0, 0.1) is 11.6 Å². The Morgan fingerprint density at radius 3 is 2.48 bits per heavy atom. The van der Waals surface area contributed by atoms with Crippen LogP contribution < -0.4 is 15.6 Å². The molecular formula is C19H20F2N4OS. The van der Waals surface area contributed by atoms with Gasteiger partial charge in [0.1, 0.15) is 11.6 Å². The van der Waals surface area contributed by atoms with Gasteiger partial charge < -0.3 is 15.0 Å². The Hall–Kier alpha value is -2.58. The minimum Gasteiger partial charge on any atom is -0.378 e. The topological polar surface area (TPSA) is 48.9 Å². The lowest BCUT2D eigenvalue weighted by Crippen LogP contribution is -2.36. The van der Waals surface area contributed by atoms with E-state index >= 15 is 0 Å². The molecule has 27 heavy (non-hydrogen) atoms. The summed E-state index contributed by atoms with van der Waals surface area (Å²) in [6.45, 7) is 4.31. The molecule has 0 atom stereocenters. The predicted octanol–water partition coefficient (Wildman–Crippen LogP) is 3.51. The van der Waals surface area contributed by atoms with Crippen molar-refractivity contribution in [2.45, 2.75) is 6.92 Å². The molecule has 1 aliphatic rings. The Morgan fingerprint density at radius 1 is 1.11 bits per heavy atom. The smallest absolute Gasteiger partial charge is 0.191 e. The van der Waals surface area contributed by atoms with Gasteiger partial charge in [0, 0.05) is 24.3 Å². The molecule has 1 heterocycles. The number of halogens is 2. The normalized spacial score (nSPS) is 14.8. The predicted molar refractivity (Wildman–Crippen MR) is 107 cm³/mol. The van der Waals surface area contributed by atoms with Crippen LogP contribution in [0.25, 0.3) is 0 Å². The monoisotopic (exact) mass is 390 g/mol. The maximum atomic E-state index is 14.5. The van der Waals surface area contributed by atoms with Gasteiger partial charge in [0.15, 0.2) is 5.11 Å². The molecule has 0 bridgehead atoms. The molecule has 0 amide bonds. The lowest BCUT2D eigenvalue weighted by atomic mass is 10.1. The van der Waals surface area contributed by atoms with E-state index in [9.17, 15) is 8.78 Å². The average molecular weight is 390 g/mol. The number of ether oxygens (including phenoxy) is 1. The zero-order valence-electron chi connectivity index (χ0n) is 14.8. The minimum absolute atomic E-state index is 0.256. The van der Waals surface area contributed by atoms with Crippen LogP contribution in [0.2, 0.25) is 0 Å². The summed E-state index contributed by atoms with van der Waals surface area (Å²) in [4.78, 5) is 1.97. The summed E-state index contributed by atoms with van der Waals surface area (Å²) >= 11 is 5.15. The fourth-order valence-electron chi connectivity index (χ4n) is 2.68. The van der Waals surface area contributed by atoms with Crippen LogP contribution in [-0.4, -0.2) is 37.1 Å². The quantitative estimate of drug-likeness (QED) is 0.475. The average Bonchev–Trinajstić information content (AvgIpc) is 2.68. The molecule has 5 nitrogen and oxygen atoms in total. The van der Waals surface area contributed by atoms with Gasteiger partial charge in [0.25, 0.3) is 0 Å². The fourth-order valence-corrected chi connectivity index (χ4v) is 2.85. The number of benzene rings is 2. The number of hydrazone groups is 1. The molecule has 1 fully saturated rings. The molecule has 0 saturated carbocycles. The molecule has 1 aliphatic heterocycles. The second kappa shape index (κ2) is 8.88. The van der Waals surface area contributed by atoms with Crippen LogP contribution >= 0.6 is 12.2 Å². The molecule has 0 unspecified atom stereocenters. The van der Waals surface area contributed by atoms with E-state index < -0.39 is 0 Å². The molecule has 142 valence electrons. The number of hydrogen-bond donors (Lipinski definition) is 2. The van der Waals surface area contributed by atoms with E-state index in [2.05, 4.69) is 15.8 Å². The Balaban J connectivity index is 1.62. The highest BCUT2D eigenvalue weighted by Crippen LogP contribution is 2.22. The maximum absolute atomic E-state index is 14.5. The zero-order chi connectivity index (χ0) is 19.2. The van der Waals surface area contributed by atoms with E-state index in [4.69, 9.17) is 17.0 Å². The van der Waals surface area contributed by atoms with Crippen molar-refractivity contribution >= 4 is 34.4 Å². The number of anilines is 2. The first-order chi connectivity index (χ1) is 13.0. The second-order valence-electron chi connectivity index (χ2n) is 6.04. The van der Waals surface area contributed by atoms with Crippen molar-refractivity contribution in [1.29, 1.82) is 0 Å². The van der Waals surface area contributed by atoms with Gasteiger partial charge in [-0.1, -0.05) is 6.07 Å². The van der Waals surface area contributed by atoms with Crippen molar-refractivity contribution in [1.82, 2.24) is 5.43 Å². The second-order valence-corrected chi connectivity index (χ2v) is 6.44. The zero-order valence-corrected chi connectivity index (χ0v) is 15.7. The van der Waals surface area contributed by atoms with Crippen molar-refractivity contribution in [3.05, 3.63) is 59.7 Å². The van der Waals surface area contributed by atoms with Crippen molar-refractivity contribution in [3.63, 3.8) is 0 Å². The molecule has 0 radical (unpaired) electrons. The summed E-state index contributed by atoms with van der Waals surface area (Å²) in [6.07, 6.45) is 0. The minimum atomic E-state index is -0.323. The van der Waals surface area contributed by atoms with Crippen LogP contribution in [0.15, 0.2) is 47.6 Å². The molecule has 0 aliphatic carbocycles. The number of nitrogens with one attached hydrogen (secondary N) is 2. The van der Waals surface area contributed by atoms with Crippen molar-refractivity contribution in [3.8, 4) is 0 Å².